The molecule has 0 radical (unpaired) electrons. The van der Waals surface area contributed by atoms with E-state index in [0.29, 0.717) is 34.4 Å². The Bertz CT molecular complexity index is 1300. The number of hydrogen-bond donors (Lipinski definition) is 2. The summed E-state index contributed by atoms with van der Waals surface area (Å²) in [5.74, 6) is 0.403. The number of anilines is 2. The number of nitrogens with one attached hydrogen (secondary N) is 2. The van der Waals surface area contributed by atoms with E-state index in [-0.39, 0.29) is 17.9 Å². The molecule has 1 fully saturated rings. The maximum Gasteiger partial charge on any atom is 0.259 e. The van der Waals surface area contributed by atoms with Crippen molar-refractivity contribution in [2.45, 2.75) is 44.7 Å². The maximum absolute atomic E-state index is 13.7. The summed E-state index contributed by atoms with van der Waals surface area (Å²) in [4.78, 5) is 28.3. The molecule has 0 saturated heterocycles. The molecule has 2 amide bonds. The number of hydrogen-bond acceptors (Lipinski definition) is 4. The van der Waals surface area contributed by atoms with E-state index in [1.54, 1.807) is 31.4 Å². The number of nitrogens with zero attached hydrogens (tertiary/aromatic N) is 1. The van der Waals surface area contributed by atoms with Crippen molar-refractivity contribution in [2.75, 3.05) is 23.9 Å². The molecule has 6 nitrogen and oxygen atoms in total. The highest BCUT2D eigenvalue weighted by Crippen LogP contribution is 2.38. The highest BCUT2D eigenvalue weighted by molar-refractivity contribution is 6.35. The van der Waals surface area contributed by atoms with Crippen LogP contribution in [-0.2, 0) is 0 Å². The molecule has 1 heterocycles. The highest BCUT2D eigenvalue weighted by Gasteiger charge is 2.32. The van der Waals surface area contributed by atoms with Gasteiger partial charge in [-0.05, 0) is 86.2 Å². The summed E-state index contributed by atoms with van der Waals surface area (Å²) < 4.78 is 5.49. The first kappa shape index (κ1) is 24.3. The van der Waals surface area contributed by atoms with Crippen molar-refractivity contribution in [3.63, 3.8) is 0 Å². The van der Waals surface area contributed by atoms with Crippen LogP contribution in [0.5, 0.6) is 5.75 Å². The van der Waals surface area contributed by atoms with E-state index in [2.05, 4.69) is 10.6 Å². The molecule has 0 spiro atoms. The molecule has 36 heavy (non-hydrogen) atoms. The minimum absolute atomic E-state index is 0.157. The van der Waals surface area contributed by atoms with Gasteiger partial charge in [0.1, 0.15) is 5.75 Å². The lowest BCUT2D eigenvalue weighted by molar-refractivity contribution is 0.0985. The number of benzene rings is 3. The second-order valence-corrected chi connectivity index (χ2v) is 9.89. The lowest BCUT2D eigenvalue weighted by Gasteiger charge is -2.25. The maximum atomic E-state index is 13.7. The number of carbonyl (C=O) groups excluding carboxylic acids is 2. The first-order chi connectivity index (χ1) is 17.4. The summed E-state index contributed by atoms with van der Waals surface area (Å²) in [5, 5.41) is 6.92. The zero-order chi connectivity index (χ0) is 25.2. The van der Waals surface area contributed by atoms with Crippen LogP contribution in [0.25, 0.3) is 0 Å². The van der Waals surface area contributed by atoms with Gasteiger partial charge in [-0.1, -0.05) is 29.8 Å². The van der Waals surface area contributed by atoms with Gasteiger partial charge < -0.3 is 20.3 Å². The van der Waals surface area contributed by atoms with Crippen molar-refractivity contribution in [1.29, 1.82) is 0 Å². The third-order valence-electron chi connectivity index (χ3n) is 6.88. The number of halogens is 1. The SMILES string of the molecule is COc1ccc2c(c1)C(NC1CC1)CCCN2C(=O)c1ccc(NC(=O)c2ccccc2C)cc1Cl. The Balaban J connectivity index is 1.40. The topological polar surface area (TPSA) is 70.7 Å². The van der Waals surface area contributed by atoms with E-state index in [1.807, 2.05) is 48.2 Å². The molecular weight excluding hydrogens is 474 g/mol. The van der Waals surface area contributed by atoms with Crippen LogP contribution in [0, 0.1) is 6.92 Å². The molecule has 2 aliphatic rings. The first-order valence-corrected chi connectivity index (χ1v) is 12.7. The quantitative estimate of drug-likeness (QED) is 0.423. The van der Waals surface area contributed by atoms with Crippen LogP contribution >= 0.6 is 11.6 Å². The van der Waals surface area contributed by atoms with Gasteiger partial charge in [0.25, 0.3) is 11.8 Å². The van der Waals surface area contributed by atoms with Gasteiger partial charge in [0.2, 0.25) is 0 Å². The summed E-state index contributed by atoms with van der Waals surface area (Å²) >= 11 is 6.59. The summed E-state index contributed by atoms with van der Waals surface area (Å²) in [6, 6.07) is 19.1. The van der Waals surface area contributed by atoms with Crippen LogP contribution < -0.4 is 20.3 Å². The molecule has 1 unspecified atom stereocenters. The number of aryl methyl sites for hydroxylation is 1. The normalized spacial score (nSPS) is 17.2. The van der Waals surface area contributed by atoms with Crippen molar-refractivity contribution in [3.05, 3.63) is 87.9 Å². The Labute approximate surface area is 216 Å². The second kappa shape index (κ2) is 10.3. The second-order valence-electron chi connectivity index (χ2n) is 9.48. The molecule has 1 aliphatic heterocycles. The fraction of sp³-hybridized carbons (Fsp3) is 0.310. The molecule has 3 aromatic carbocycles. The Morgan fingerprint density at radius 2 is 1.81 bits per heavy atom. The Morgan fingerprint density at radius 1 is 1.00 bits per heavy atom. The van der Waals surface area contributed by atoms with Crippen LogP contribution in [-0.4, -0.2) is 31.5 Å². The van der Waals surface area contributed by atoms with E-state index in [9.17, 15) is 9.59 Å². The molecule has 1 atom stereocenters. The highest BCUT2D eigenvalue weighted by atomic mass is 35.5. The van der Waals surface area contributed by atoms with E-state index < -0.39 is 0 Å². The zero-order valence-corrected chi connectivity index (χ0v) is 21.3. The Hall–Kier alpha value is -3.35. The number of rotatable bonds is 6. The van der Waals surface area contributed by atoms with Crippen LogP contribution in [0.1, 0.15) is 63.6 Å². The van der Waals surface area contributed by atoms with Crippen molar-refractivity contribution in [2.24, 2.45) is 0 Å². The first-order valence-electron chi connectivity index (χ1n) is 12.4. The number of carbonyl (C=O) groups is 2. The van der Waals surface area contributed by atoms with E-state index in [1.165, 1.54) is 12.8 Å². The molecule has 0 aromatic heterocycles. The van der Waals surface area contributed by atoms with Crippen molar-refractivity contribution in [1.82, 2.24) is 5.32 Å². The monoisotopic (exact) mass is 503 g/mol. The van der Waals surface area contributed by atoms with Crippen LogP contribution in [0.15, 0.2) is 60.7 Å². The average molecular weight is 504 g/mol. The Kier molecular flexibility index (Phi) is 6.99. The van der Waals surface area contributed by atoms with Gasteiger partial charge in [-0.2, -0.15) is 0 Å². The molecule has 0 bridgehead atoms. The zero-order valence-electron chi connectivity index (χ0n) is 20.5. The molecule has 186 valence electrons. The van der Waals surface area contributed by atoms with E-state index in [4.69, 9.17) is 16.3 Å². The number of fused-ring (bicyclic) bond motifs is 1. The van der Waals surface area contributed by atoms with Gasteiger partial charge in [0.05, 0.1) is 17.7 Å². The van der Waals surface area contributed by atoms with Crippen LogP contribution in [0.3, 0.4) is 0 Å². The smallest absolute Gasteiger partial charge is 0.259 e. The number of amides is 2. The minimum atomic E-state index is -0.215. The van der Waals surface area contributed by atoms with Gasteiger partial charge in [-0.15, -0.1) is 0 Å². The van der Waals surface area contributed by atoms with E-state index >= 15 is 0 Å². The lowest BCUT2D eigenvalue weighted by Crippen LogP contribution is -2.32. The van der Waals surface area contributed by atoms with Crippen molar-refractivity contribution < 1.29 is 14.3 Å². The Morgan fingerprint density at radius 3 is 2.53 bits per heavy atom. The summed E-state index contributed by atoms with van der Waals surface area (Å²) in [7, 11) is 1.66. The predicted molar refractivity (Wildman–Crippen MR) is 143 cm³/mol. The molecule has 3 aromatic rings. The van der Waals surface area contributed by atoms with Gasteiger partial charge in [-0.3, -0.25) is 9.59 Å². The molecule has 2 N–H and O–H groups in total. The van der Waals surface area contributed by atoms with E-state index in [0.717, 1.165) is 35.4 Å². The molecule has 7 heteroatoms. The molecule has 1 aliphatic carbocycles. The fourth-order valence-corrected chi connectivity index (χ4v) is 5.03. The van der Waals surface area contributed by atoms with Gasteiger partial charge in [0, 0.05) is 35.6 Å². The van der Waals surface area contributed by atoms with Gasteiger partial charge in [-0.25, -0.2) is 0 Å². The third kappa shape index (κ3) is 5.11. The predicted octanol–water partition coefficient (Wildman–Crippen LogP) is 6.14. The largest absolute Gasteiger partial charge is 0.497 e. The average Bonchev–Trinajstić information content (AvgIpc) is 3.71. The fourth-order valence-electron chi connectivity index (χ4n) is 4.77. The molecular formula is C29H30ClN3O3. The molecule has 1 saturated carbocycles. The number of methoxy groups -OCH3 is 1. The lowest BCUT2D eigenvalue weighted by atomic mass is 10.0. The summed E-state index contributed by atoms with van der Waals surface area (Å²) in [6.45, 7) is 2.49. The minimum Gasteiger partial charge on any atom is -0.497 e. The summed E-state index contributed by atoms with van der Waals surface area (Å²) in [5.41, 5.74) is 4.38. The van der Waals surface area contributed by atoms with Crippen molar-refractivity contribution in [3.8, 4) is 5.75 Å². The standard InChI is InChI=1S/C29H30ClN3O3/c1-18-6-3-4-7-22(18)28(34)32-20-11-13-23(25(30)16-20)29(35)33-15-5-8-26(31-19-9-10-19)24-17-21(36-2)12-14-27(24)33/h3-4,6-7,11-14,16-17,19,26,31H,5,8-10,15H2,1-2H3,(H,32,34). The molecule has 5 rings (SSSR count). The van der Waals surface area contributed by atoms with Crippen LogP contribution in [0.4, 0.5) is 11.4 Å². The van der Waals surface area contributed by atoms with Crippen molar-refractivity contribution >= 4 is 34.8 Å². The summed E-state index contributed by atoms with van der Waals surface area (Å²) in [6.07, 6.45) is 4.20. The van der Waals surface area contributed by atoms with Crippen LogP contribution in [0.2, 0.25) is 5.02 Å². The third-order valence-corrected chi connectivity index (χ3v) is 7.19. The van der Waals surface area contributed by atoms with Gasteiger partial charge >= 0.3 is 0 Å². The van der Waals surface area contributed by atoms with Gasteiger partial charge in [0.15, 0.2) is 0 Å². The number of ether oxygens (including phenoxy) is 1.